The van der Waals surface area contributed by atoms with Gasteiger partial charge in [0.15, 0.2) is 5.13 Å². The van der Waals surface area contributed by atoms with Crippen LogP contribution in [-0.2, 0) is 0 Å². The summed E-state index contributed by atoms with van der Waals surface area (Å²) in [6.07, 6.45) is 4.18. The summed E-state index contributed by atoms with van der Waals surface area (Å²) >= 11 is 3.11. The van der Waals surface area contributed by atoms with Gasteiger partial charge < -0.3 is 5.32 Å². The van der Waals surface area contributed by atoms with E-state index in [2.05, 4.69) is 34.4 Å². The van der Waals surface area contributed by atoms with Crippen LogP contribution < -0.4 is 10.6 Å². The number of carbonyl (C=O) groups excluding carboxylic acids is 1. The lowest BCUT2D eigenvalue weighted by Crippen LogP contribution is -2.26. The minimum absolute atomic E-state index is 0.172. The van der Waals surface area contributed by atoms with Crippen molar-refractivity contribution in [3.63, 3.8) is 0 Å². The Balaban J connectivity index is 1.65. The first-order valence-corrected chi connectivity index (χ1v) is 9.26. The lowest BCUT2D eigenvalue weighted by Gasteiger charge is -2.20. The predicted octanol–water partition coefficient (Wildman–Crippen LogP) is 3.44. The number of hydrogen-bond acceptors (Lipinski definition) is 6. The number of rotatable bonds is 4. The molecule has 1 amide bonds. The number of piperidine rings is 1. The van der Waals surface area contributed by atoms with Crippen LogP contribution in [0.1, 0.15) is 58.9 Å². The van der Waals surface area contributed by atoms with Gasteiger partial charge in [-0.25, -0.2) is 9.97 Å². The molecule has 0 unspecified atom stereocenters. The highest BCUT2D eigenvalue weighted by Crippen LogP contribution is 2.31. The van der Waals surface area contributed by atoms with E-state index < -0.39 is 0 Å². The third kappa shape index (κ3) is 3.53. The molecule has 2 aromatic rings. The van der Waals surface area contributed by atoms with E-state index in [1.54, 1.807) is 11.3 Å². The van der Waals surface area contributed by atoms with Gasteiger partial charge in [0.25, 0.3) is 5.91 Å². The highest BCUT2D eigenvalue weighted by molar-refractivity contribution is 7.15. The summed E-state index contributed by atoms with van der Waals surface area (Å²) in [5.74, 6) is 0.739. The van der Waals surface area contributed by atoms with Crippen molar-refractivity contribution in [1.29, 1.82) is 0 Å². The van der Waals surface area contributed by atoms with Gasteiger partial charge in [-0.2, -0.15) is 0 Å². The zero-order valence-electron chi connectivity index (χ0n) is 12.8. The first-order valence-electron chi connectivity index (χ1n) is 7.56. The maximum absolute atomic E-state index is 12.2. The summed E-state index contributed by atoms with van der Waals surface area (Å²) in [5, 5.41) is 9.69. The molecule has 5 nitrogen and oxygen atoms in total. The van der Waals surface area contributed by atoms with E-state index in [0.29, 0.717) is 22.7 Å². The van der Waals surface area contributed by atoms with Crippen molar-refractivity contribution in [1.82, 2.24) is 15.3 Å². The smallest absolute Gasteiger partial charge is 0.276 e. The molecular formula is C15H20N4OS2. The molecule has 1 aliphatic heterocycles. The standard InChI is InChI=1S/C15H20N4OS2/c1-9(2)14-18-11(8-21-14)13(20)19-15-17-7-12(22-15)10-3-5-16-6-4-10/h7-10,16H,3-6H2,1-2H3,(H,17,19,20). The Morgan fingerprint density at radius 3 is 2.86 bits per heavy atom. The number of nitrogens with one attached hydrogen (secondary N) is 2. The maximum atomic E-state index is 12.2. The second kappa shape index (κ2) is 6.85. The number of nitrogens with zero attached hydrogens (tertiary/aromatic N) is 2. The van der Waals surface area contributed by atoms with Crippen LogP contribution in [0.4, 0.5) is 5.13 Å². The molecule has 22 heavy (non-hydrogen) atoms. The van der Waals surface area contributed by atoms with Crippen LogP contribution in [0.25, 0.3) is 0 Å². The summed E-state index contributed by atoms with van der Waals surface area (Å²) in [4.78, 5) is 22.2. The molecule has 0 aromatic carbocycles. The Bertz CT molecular complexity index is 644. The molecule has 2 N–H and O–H groups in total. The van der Waals surface area contributed by atoms with Crippen molar-refractivity contribution in [3.05, 3.63) is 27.2 Å². The SMILES string of the molecule is CC(C)c1nc(C(=O)Nc2ncc(C3CCNCC3)s2)cs1. The monoisotopic (exact) mass is 336 g/mol. The van der Waals surface area contributed by atoms with Crippen LogP contribution in [0.5, 0.6) is 0 Å². The topological polar surface area (TPSA) is 66.9 Å². The molecule has 3 heterocycles. The molecule has 0 spiro atoms. The average Bonchev–Trinajstić information content (AvgIpc) is 3.17. The molecule has 0 saturated carbocycles. The van der Waals surface area contributed by atoms with Gasteiger partial charge in [0.1, 0.15) is 5.69 Å². The molecule has 2 aromatic heterocycles. The summed E-state index contributed by atoms with van der Waals surface area (Å²) < 4.78 is 0. The summed E-state index contributed by atoms with van der Waals surface area (Å²) in [5.41, 5.74) is 0.479. The lowest BCUT2D eigenvalue weighted by molar-refractivity contribution is 0.102. The van der Waals surface area contributed by atoms with Crippen molar-refractivity contribution >= 4 is 33.7 Å². The van der Waals surface area contributed by atoms with Crippen LogP contribution in [0.3, 0.4) is 0 Å². The summed E-state index contributed by atoms with van der Waals surface area (Å²) in [7, 11) is 0. The molecule has 1 fully saturated rings. The van der Waals surface area contributed by atoms with Gasteiger partial charge in [-0.3, -0.25) is 10.1 Å². The quantitative estimate of drug-likeness (QED) is 0.897. The van der Waals surface area contributed by atoms with Gasteiger partial charge in [0, 0.05) is 22.4 Å². The van der Waals surface area contributed by atoms with Crippen molar-refractivity contribution in [2.75, 3.05) is 18.4 Å². The number of anilines is 1. The van der Waals surface area contributed by atoms with Gasteiger partial charge in [-0.1, -0.05) is 13.8 Å². The minimum atomic E-state index is -0.172. The third-order valence-corrected chi connectivity index (χ3v) is 5.95. The predicted molar refractivity (Wildman–Crippen MR) is 91.1 cm³/mol. The second-order valence-electron chi connectivity index (χ2n) is 5.77. The first-order chi connectivity index (χ1) is 10.6. The zero-order chi connectivity index (χ0) is 15.5. The van der Waals surface area contributed by atoms with Gasteiger partial charge in [0.2, 0.25) is 0 Å². The van der Waals surface area contributed by atoms with Crippen molar-refractivity contribution in [2.24, 2.45) is 0 Å². The molecule has 0 radical (unpaired) electrons. The van der Waals surface area contributed by atoms with E-state index in [0.717, 1.165) is 30.9 Å². The average molecular weight is 336 g/mol. The van der Waals surface area contributed by atoms with E-state index in [1.807, 2.05) is 11.6 Å². The van der Waals surface area contributed by atoms with Crippen molar-refractivity contribution in [2.45, 2.75) is 38.5 Å². The fraction of sp³-hybridized carbons (Fsp3) is 0.533. The van der Waals surface area contributed by atoms with Crippen molar-refractivity contribution < 1.29 is 4.79 Å². The number of carbonyl (C=O) groups is 1. The van der Waals surface area contributed by atoms with Crippen LogP contribution in [0.15, 0.2) is 11.6 Å². The molecule has 118 valence electrons. The molecule has 0 aliphatic carbocycles. The Morgan fingerprint density at radius 1 is 1.41 bits per heavy atom. The highest BCUT2D eigenvalue weighted by atomic mass is 32.1. The van der Waals surface area contributed by atoms with E-state index in [1.165, 1.54) is 16.2 Å². The van der Waals surface area contributed by atoms with E-state index >= 15 is 0 Å². The number of thiazole rings is 2. The second-order valence-corrected chi connectivity index (χ2v) is 7.72. The molecule has 1 aliphatic rings. The molecule has 3 rings (SSSR count). The Hall–Kier alpha value is -1.31. The van der Waals surface area contributed by atoms with E-state index in [-0.39, 0.29) is 5.91 Å². The normalized spacial score (nSPS) is 16.1. The largest absolute Gasteiger partial charge is 0.317 e. The fourth-order valence-electron chi connectivity index (χ4n) is 2.46. The van der Waals surface area contributed by atoms with Crippen LogP contribution in [0.2, 0.25) is 0 Å². The van der Waals surface area contributed by atoms with E-state index in [9.17, 15) is 4.79 Å². The Labute approximate surface area is 138 Å². The molecule has 7 heteroatoms. The van der Waals surface area contributed by atoms with Gasteiger partial charge in [-0.15, -0.1) is 22.7 Å². The molecule has 0 atom stereocenters. The third-order valence-electron chi connectivity index (χ3n) is 3.73. The number of amides is 1. The van der Waals surface area contributed by atoms with Gasteiger partial charge in [0.05, 0.1) is 5.01 Å². The van der Waals surface area contributed by atoms with Crippen LogP contribution in [0, 0.1) is 0 Å². The zero-order valence-corrected chi connectivity index (χ0v) is 14.4. The maximum Gasteiger partial charge on any atom is 0.276 e. The van der Waals surface area contributed by atoms with Crippen LogP contribution in [-0.4, -0.2) is 29.0 Å². The Morgan fingerprint density at radius 2 is 2.18 bits per heavy atom. The van der Waals surface area contributed by atoms with Crippen LogP contribution >= 0.6 is 22.7 Å². The molecule has 1 saturated heterocycles. The van der Waals surface area contributed by atoms with Crippen molar-refractivity contribution in [3.8, 4) is 0 Å². The number of hydrogen-bond donors (Lipinski definition) is 2. The van der Waals surface area contributed by atoms with Gasteiger partial charge >= 0.3 is 0 Å². The fourth-order valence-corrected chi connectivity index (χ4v) is 4.25. The Kier molecular flexibility index (Phi) is 4.85. The summed E-state index contributed by atoms with van der Waals surface area (Å²) in [6.45, 7) is 6.27. The molecule has 0 bridgehead atoms. The molecular weight excluding hydrogens is 316 g/mol. The van der Waals surface area contributed by atoms with Gasteiger partial charge in [-0.05, 0) is 31.8 Å². The highest BCUT2D eigenvalue weighted by Gasteiger charge is 2.19. The van der Waals surface area contributed by atoms with E-state index in [4.69, 9.17) is 0 Å². The number of aromatic nitrogens is 2. The lowest BCUT2D eigenvalue weighted by atomic mass is 9.97. The summed E-state index contributed by atoms with van der Waals surface area (Å²) in [6, 6.07) is 0. The first kappa shape index (κ1) is 15.6. The minimum Gasteiger partial charge on any atom is -0.317 e.